The maximum absolute atomic E-state index is 11.7. The van der Waals surface area contributed by atoms with Gasteiger partial charge in [0.05, 0.1) is 12.8 Å². The number of anilines is 1. The number of hydrogen-bond acceptors (Lipinski definition) is 4. The van der Waals surface area contributed by atoms with Gasteiger partial charge in [0.15, 0.2) is 0 Å². The molecular weight excluding hydrogens is 282 g/mol. The van der Waals surface area contributed by atoms with Crippen molar-refractivity contribution in [3.05, 3.63) is 51.2 Å². The third-order valence-electron chi connectivity index (χ3n) is 3.09. The van der Waals surface area contributed by atoms with Gasteiger partial charge >= 0.3 is 0 Å². The lowest BCUT2D eigenvalue weighted by Gasteiger charge is -2.09. The van der Waals surface area contributed by atoms with E-state index < -0.39 is 0 Å². The molecule has 0 aliphatic heterocycles. The molecule has 0 saturated heterocycles. The molecule has 0 unspecified atom stereocenters. The molecule has 0 aliphatic carbocycles. The van der Waals surface area contributed by atoms with Gasteiger partial charge in [-0.3, -0.25) is 4.79 Å². The predicted molar refractivity (Wildman–Crippen MR) is 89.2 cm³/mol. The summed E-state index contributed by atoms with van der Waals surface area (Å²) in [4.78, 5) is 12.8. The van der Waals surface area contributed by atoms with Crippen LogP contribution in [0.2, 0.25) is 0 Å². The highest BCUT2D eigenvalue weighted by Gasteiger charge is 2.02. The number of nitrogens with one attached hydrogen (secondary N) is 2. The molecule has 2 aromatic rings. The summed E-state index contributed by atoms with van der Waals surface area (Å²) in [7, 11) is 0. The van der Waals surface area contributed by atoms with Crippen molar-refractivity contribution < 1.29 is 4.79 Å². The van der Waals surface area contributed by atoms with Gasteiger partial charge in [0.25, 0.3) is 5.91 Å². The molecule has 0 atom stereocenters. The van der Waals surface area contributed by atoms with E-state index in [-0.39, 0.29) is 12.5 Å². The van der Waals surface area contributed by atoms with Crippen molar-refractivity contribution in [2.45, 2.75) is 20.8 Å². The second-order valence-electron chi connectivity index (χ2n) is 4.93. The molecule has 0 fully saturated rings. The summed E-state index contributed by atoms with van der Waals surface area (Å²) in [5.41, 5.74) is 6.98. The quantitative estimate of drug-likeness (QED) is 0.658. The normalized spacial score (nSPS) is 10.8. The van der Waals surface area contributed by atoms with Crippen LogP contribution in [0.4, 0.5) is 5.69 Å². The molecule has 0 aliphatic rings. The number of hydrazone groups is 1. The van der Waals surface area contributed by atoms with Crippen molar-refractivity contribution in [3.63, 3.8) is 0 Å². The molecular formula is C16H19N3OS. The van der Waals surface area contributed by atoms with Crippen LogP contribution in [-0.2, 0) is 4.79 Å². The fourth-order valence-corrected chi connectivity index (χ4v) is 2.69. The Hall–Kier alpha value is -2.14. The number of thiophene rings is 1. The van der Waals surface area contributed by atoms with Crippen LogP contribution in [-0.4, -0.2) is 18.7 Å². The number of aryl methyl sites for hydroxylation is 3. The molecule has 2 N–H and O–H groups in total. The van der Waals surface area contributed by atoms with E-state index in [0.29, 0.717) is 0 Å². The van der Waals surface area contributed by atoms with Crippen LogP contribution in [0.1, 0.15) is 21.6 Å². The van der Waals surface area contributed by atoms with Gasteiger partial charge in [0.2, 0.25) is 0 Å². The van der Waals surface area contributed by atoms with Gasteiger partial charge in [-0.2, -0.15) is 5.10 Å². The lowest BCUT2D eigenvalue weighted by atomic mass is 10.1. The lowest BCUT2D eigenvalue weighted by Crippen LogP contribution is -2.26. The highest BCUT2D eigenvalue weighted by molar-refractivity contribution is 7.11. The average molecular weight is 301 g/mol. The number of amides is 1. The van der Waals surface area contributed by atoms with Gasteiger partial charge in [0, 0.05) is 10.6 Å². The van der Waals surface area contributed by atoms with Gasteiger partial charge in [-0.25, -0.2) is 5.43 Å². The Balaban J connectivity index is 1.82. The minimum absolute atomic E-state index is 0.166. The van der Waals surface area contributed by atoms with Crippen LogP contribution < -0.4 is 10.7 Å². The molecule has 110 valence electrons. The highest BCUT2D eigenvalue weighted by Crippen LogP contribution is 2.15. The molecule has 1 heterocycles. The number of carbonyl (C=O) groups is 1. The number of hydrogen-bond donors (Lipinski definition) is 2. The van der Waals surface area contributed by atoms with Crippen molar-refractivity contribution in [3.8, 4) is 0 Å². The second kappa shape index (κ2) is 7.04. The largest absolute Gasteiger partial charge is 0.376 e. The standard InChI is InChI=1S/C16H19N3OS/c1-11-4-5-14(13(3)8-11)17-10-16(20)19-18-9-15-12(2)6-7-21-15/h4-9,17H,10H2,1-3H3,(H,19,20). The van der Waals surface area contributed by atoms with Crippen LogP contribution in [0.5, 0.6) is 0 Å². The summed E-state index contributed by atoms with van der Waals surface area (Å²) in [6.45, 7) is 6.28. The zero-order valence-electron chi connectivity index (χ0n) is 12.4. The third kappa shape index (κ3) is 4.43. The van der Waals surface area contributed by atoms with E-state index in [2.05, 4.69) is 21.9 Å². The van der Waals surface area contributed by atoms with Gasteiger partial charge in [0.1, 0.15) is 0 Å². The van der Waals surface area contributed by atoms with Crippen LogP contribution in [0.25, 0.3) is 0 Å². The Bertz CT molecular complexity index is 661. The van der Waals surface area contributed by atoms with Crippen molar-refractivity contribution in [2.24, 2.45) is 5.10 Å². The van der Waals surface area contributed by atoms with Crippen LogP contribution in [0.3, 0.4) is 0 Å². The van der Waals surface area contributed by atoms with E-state index in [1.807, 2.05) is 44.4 Å². The van der Waals surface area contributed by atoms with E-state index in [0.717, 1.165) is 21.7 Å². The molecule has 1 aromatic heterocycles. The first kappa shape index (κ1) is 15.3. The van der Waals surface area contributed by atoms with Crippen molar-refractivity contribution in [1.29, 1.82) is 0 Å². The molecule has 5 heteroatoms. The molecule has 0 spiro atoms. The lowest BCUT2D eigenvalue weighted by molar-refractivity contribution is -0.119. The fourth-order valence-electron chi connectivity index (χ4n) is 1.91. The van der Waals surface area contributed by atoms with E-state index in [9.17, 15) is 4.79 Å². The number of benzene rings is 1. The molecule has 0 radical (unpaired) electrons. The number of nitrogens with zero attached hydrogens (tertiary/aromatic N) is 1. The smallest absolute Gasteiger partial charge is 0.259 e. The van der Waals surface area contributed by atoms with E-state index in [1.165, 1.54) is 5.56 Å². The Morgan fingerprint density at radius 1 is 1.24 bits per heavy atom. The monoisotopic (exact) mass is 301 g/mol. The summed E-state index contributed by atoms with van der Waals surface area (Å²) < 4.78 is 0. The molecule has 4 nitrogen and oxygen atoms in total. The Morgan fingerprint density at radius 2 is 2.05 bits per heavy atom. The zero-order valence-corrected chi connectivity index (χ0v) is 13.3. The second-order valence-corrected chi connectivity index (χ2v) is 5.88. The molecule has 0 saturated carbocycles. The average Bonchev–Trinajstić information content (AvgIpc) is 2.83. The predicted octanol–water partition coefficient (Wildman–Crippen LogP) is 3.24. The minimum atomic E-state index is -0.166. The van der Waals surface area contributed by atoms with E-state index >= 15 is 0 Å². The first-order chi connectivity index (χ1) is 10.1. The number of rotatable bonds is 5. The van der Waals surface area contributed by atoms with Crippen LogP contribution in [0.15, 0.2) is 34.7 Å². The minimum Gasteiger partial charge on any atom is -0.376 e. The molecule has 1 amide bonds. The highest BCUT2D eigenvalue weighted by atomic mass is 32.1. The molecule has 1 aromatic carbocycles. The Kier molecular flexibility index (Phi) is 5.11. The summed E-state index contributed by atoms with van der Waals surface area (Å²) in [6, 6.07) is 8.11. The van der Waals surface area contributed by atoms with Gasteiger partial charge in [-0.15, -0.1) is 11.3 Å². The summed E-state index contributed by atoms with van der Waals surface area (Å²) in [5, 5.41) is 9.08. The summed E-state index contributed by atoms with van der Waals surface area (Å²) >= 11 is 1.60. The van der Waals surface area contributed by atoms with Crippen molar-refractivity contribution in [2.75, 3.05) is 11.9 Å². The van der Waals surface area contributed by atoms with Crippen LogP contribution >= 0.6 is 11.3 Å². The first-order valence-electron chi connectivity index (χ1n) is 6.73. The van der Waals surface area contributed by atoms with Gasteiger partial charge in [-0.05, 0) is 49.4 Å². The number of carbonyl (C=O) groups excluding carboxylic acids is 1. The van der Waals surface area contributed by atoms with E-state index in [4.69, 9.17) is 0 Å². The maximum Gasteiger partial charge on any atom is 0.259 e. The molecule has 21 heavy (non-hydrogen) atoms. The zero-order chi connectivity index (χ0) is 15.2. The Morgan fingerprint density at radius 3 is 2.71 bits per heavy atom. The van der Waals surface area contributed by atoms with Crippen LogP contribution in [0, 0.1) is 20.8 Å². The van der Waals surface area contributed by atoms with Gasteiger partial charge in [-0.1, -0.05) is 17.7 Å². The molecule has 2 rings (SSSR count). The van der Waals surface area contributed by atoms with Crippen molar-refractivity contribution >= 4 is 29.1 Å². The van der Waals surface area contributed by atoms with Gasteiger partial charge < -0.3 is 5.32 Å². The SMILES string of the molecule is Cc1ccc(NCC(=O)NN=Cc2sccc2C)c(C)c1. The Labute approximate surface area is 128 Å². The maximum atomic E-state index is 11.7. The summed E-state index contributed by atoms with van der Waals surface area (Å²) in [6.07, 6.45) is 1.68. The fraction of sp³-hybridized carbons (Fsp3) is 0.250. The molecule has 0 bridgehead atoms. The summed E-state index contributed by atoms with van der Waals surface area (Å²) in [5.74, 6) is -0.166. The third-order valence-corrected chi connectivity index (χ3v) is 4.05. The topological polar surface area (TPSA) is 53.5 Å². The first-order valence-corrected chi connectivity index (χ1v) is 7.61. The van der Waals surface area contributed by atoms with E-state index in [1.54, 1.807) is 17.6 Å². The van der Waals surface area contributed by atoms with Crippen molar-refractivity contribution in [1.82, 2.24) is 5.43 Å².